The molecule has 0 spiro atoms. The van der Waals surface area contributed by atoms with Crippen molar-refractivity contribution in [3.05, 3.63) is 70.7 Å². The first kappa shape index (κ1) is 19.8. The van der Waals surface area contributed by atoms with E-state index in [1.807, 2.05) is 25.1 Å². The molecular formula is C21H20ClN5O3. The van der Waals surface area contributed by atoms with Crippen LogP contribution in [0.15, 0.2) is 53.1 Å². The molecule has 30 heavy (non-hydrogen) atoms. The number of rotatable bonds is 6. The average molecular weight is 426 g/mol. The van der Waals surface area contributed by atoms with Crippen LogP contribution in [0, 0.1) is 6.92 Å². The third-order valence-electron chi connectivity index (χ3n) is 4.68. The number of nitrogens with zero attached hydrogens (tertiary/aromatic N) is 4. The number of aryl methyl sites for hydroxylation is 2. The zero-order chi connectivity index (χ0) is 21.3. The van der Waals surface area contributed by atoms with Crippen molar-refractivity contribution in [2.45, 2.75) is 13.5 Å². The normalized spacial score (nSPS) is 10.9. The summed E-state index contributed by atoms with van der Waals surface area (Å²) in [6.45, 7) is 2.13. The number of hydrogen-bond donors (Lipinski definition) is 1. The summed E-state index contributed by atoms with van der Waals surface area (Å²) >= 11 is 6.14. The Morgan fingerprint density at radius 1 is 1.23 bits per heavy atom. The van der Waals surface area contributed by atoms with Gasteiger partial charge in [0.1, 0.15) is 5.69 Å². The first-order valence-electron chi connectivity index (χ1n) is 9.22. The maximum absolute atomic E-state index is 12.9. The van der Waals surface area contributed by atoms with Crippen LogP contribution in [-0.4, -0.2) is 32.6 Å². The van der Waals surface area contributed by atoms with E-state index in [4.69, 9.17) is 20.8 Å². The lowest BCUT2D eigenvalue weighted by molar-refractivity contribution is 0.0945. The number of amides is 1. The summed E-state index contributed by atoms with van der Waals surface area (Å²) in [6, 6.07) is 12.5. The van der Waals surface area contributed by atoms with Crippen molar-refractivity contribution in [1.29, 1.82) is 0 Å². The van der Waals surface area contributed by atoms with Gasteiger partial charge in [-0.3, -0.25) is 4.79 Å². The molecular weight excluding hydrogens is 406 g/mol. The number of nitrogens with one attached hydrogen (secondary N) is 1. The third kappa shape index (κ3) is 3.69. The molecule has 3 heterocycles. The van der Waals surface area contributed by atoms with Crippen molar-refractivity contribution in [3.8, 4) is 23.0 Å². The van der Waals surface area contributed by atoms with E-state index in [0.717, 1.165) is 16.9 Å². The quantitative estimate of drug-likeness (QED) is 0.508. The molecule has 0 atom stereocenters. The molecule has 4 rings (SSSR count). The molecule has 0 aliphatic carbocycles. The Kier molecular flexibility index (Phi) is 5.33. The molecule has 9 heteroatoms. The fourth-order valence-corrected chi connectivity index (χ4v) is 3.48. The van der Waals surface area contributed by atoms with Crippen LogP contribution in [0.3, 0.4) is 0 Å². The van der Waals surface area contributed by atoms with Crippen LogP contribution in [0.5, 0.6) is 5.88 Å². The van der Waals surface area contributed by atoms with Gasteiger partial charge >= 0.3 is 0 Å². The predicted molar refractivity (Wildman–Crippen MR) is 112 cm³/mol. The summed E-state index contributed by atoms with van der Waals surface area (Å²) in [4.78, 5) is 12.9. The second-order valence-corrected chi connectivity index (χ2v) is 7.10. The zero-order valence-corrected chi connectivity index (χ0v) is 17.5. The van der Waals surface area contributed by atoms with E-state index in [1.54, 1.807) is 54.0 Å². The molecule has 8 nitrogen and oxygen atoms in total. The van der Waals surface area contributed by atoms with Crippen LogP contribution in [0.1, 0.15) is 21.7 Å². The van der Waals surface area contributed by atoms with E-state index < -0.39 is 0 Å². The Morgan fingerprint density at radius 3 is 2.77 bits per heavy atom. The molecule has 0 aliphatic rings. The molecule has 0 saturated heterocycles. The number of carbonyl (C=O) groups excluding carboxylic acids is 1. The highest BCUT2D eigenvalue weighted by Crippen LogP contribution is 2.26. The lowest BCUT2D eigenvalue weighted by atomic mass is 10.2. The van der Waals surface area contributed by atoms with E-state index in [0.29, 0.717) is 22.4 Å². The van der Waals surface area contributed by atoms with Crippen LogP contribution in [0.4, 0.5) is 0 Å². The Bertz CT molecular complexity index is 1190. The summed E-state index contributed by atoms with van der Waals surface area (Å²) in [6.07, 6.45) is 1.57. The maximum atomic E-state index is 12.9. The van der Waals surface area contributed by atoms with Gasteiger partial charge in [-0.15, -0.1) is 0 Å². The van der Waals surface area contributed by atoms with Gasteiger partial charge in [0, 0.05) is 18.1 Å². The van der Waals surface area contributed by atoms with Gasteiger partial charge < -0.3 is 14.5 Å². The minimum atomic E-state index is -0.325. The summed E-state index contributed by atoms with van der Waals surface area (Å²) in [5, 5.41) is 12.3. The molecule has 4 aromatic rings. The average Bonchev–Trinajstić information content (AvgIpc) is 3.44. The van der Waals surface area contributed by atoms with E-state index in [-0.39, 0.29) is 18.1 Å². The van der Waals surface area contributed by atoms with Crippen molar-refractivity contribution in [2.75, 3.05) is 7.11 Å². The predicted octanol–water partition coefficient (Wildman–Crippen LogP) is 3.77. The molecule has 3 aromatic heterocycles. The fourth-order valence-electron chi connectivity index (χ4n) is 3.30. The number of furan rings is 1. The van der Waals surface area contributed by atoms with Crippen molar-refractivity contribution < 1.29 is 13.9 Å². The van der Waals surface area contributed by atoms with Crippen LogP contribution in [-0.2, 0) is 13.6 Å². The zero-order valence-electron chi connectivity index (χ0n) is 16.7. The van der Waals surface area contributed by atoms with Gasteiger partial charge in [0.2, 0.25) is 5.88 Å². The minimum Gasteiger partial charge on any atom is -0.481 e. The van der Waals surface area contributed by atoms with Crippen LogP contribution in [0.2, 0.25) is 5.02 Å². The molecule has 0 unspecified atom stereocenters. The Labute approximate surface area is 178 Å². The standard InChI is InChI=1S/C21H20ClN5O3/c1-13-16(21(29-3)26(2)24-13)12-23-20(28)17-11-18(19-8-5-9-30-19)27(25-17)15-7-4-6-14(22)10-15/h4-11H,12H2,1-3H3,(H,23,28). The number of benzene rings is 1. The molecule has 0 fully saturated rings. The first-order chi connectivity index (χ1) is 14.5. The SMILES string of the molecule is COc1c(CNC(=O)c2cc(-c3ccco3)n(-c3cccc(Cl)c3)n2)c(C)nn1C. The van der Waals surface area contributed by atoms with Gasteiger partial charge in [-0.1, -0.05) is 17.7 Å². The van der Waals surface area contributed by atoms with Gasteiger partial charge in [0.25, 0.3) is 5.91 Å². The Balaban J connectivity index is 1.65. The molecule has 0 radical (unpaired) electrons. The minimum absolute atomic E-state index is 0.252. The molecule has 154 valence electrons. The molecule has 0 aliphatic heterocycles. The summed E-state index contributed by atoms with van der Waals surface area (Å²) in [5.74, 6) is 0.869. The van der Waals surface area contributed by atoms with Crippen molar-refractivity contribution in [1.82, 2.24) is 24.9 Å². The number of ether oxygens (including phenoxy) is 1. The Morgan fingerprint density at radius 2 is 2.07 bits per heavy atom. The number of halogens is 1. The van der Waals surface area contributed by atoms with Crippen molar-refractivity contribution in [3.63, 3.8) is 0 Å². The first-order valence-corrected chi connectivity index (χ1v) is 9.60. The monoisotopic (exact) mass is 425 g/mol. The summed E-state index contributed by atoms with van der Waals surface area (Å²) in [7, 11) is 3.36. The lowest BCUT2D eigenvalue weighted by Gasteiger charge is -2.06. The molecule has 1 N–H and O–H groups in total. The van der Waals surface area contributed by atoms with Crippen molar-refractivity contribution >= 4 is 17.5 Å². The summed E-state index contributed by atoms with van der Waals surface area (Å²) < 4.78 is 14.2. The second kappa shape index (κ2) is 8.08. The largest absolute Gasteiger partial charge is 0.481 e. The van der Waals surface area contributed by atoms with Crippen molar-refractivity contribution in [2.24, 2.45) is 7.05 Å². The number of methoxy groups -OCH3 is 1. The topological polar surface area (TPSA) is 87.1 Å². The third-order valence-corrected chi connectivity index (χ3v) is 4.91. The molecule has 1 aromatic carbocycles. The smallest absolute Gasteiger partial charge is 0.272 e. The lowest BCUT2D eigenvalue weighted by Crippen LogP contribution is -2.24. The van der Waals surface area contributed by atoms with Gasteiger partial charge in [0.15, 0.2) is 11.5 Å². The Hall–Kier alpha value is -3.52. The van der Waals surface area contributed by atoms with Crippen LogP contribution in [0.25, 0.3) is 17.1 Å². The molecule has 0 bridgehead atoms. The fraction of sp³-hybridized carbons (Fsp3) is 0.190. The van der Waals surface area contributed by atoms with E-state index >= 15 is 0 Å². The molecule has 1 amide bonds. The highest BCUT2D eigenvalue weighted by molar-refractivity contribution is 6.30. The van der Waals surface area contributed by atoms with Crippen LogP contribution < -0.4 is 10.1 Å². The molecule has 0 saturated carbocycles. The van der Waals surface area contributed by atoms with Gasteiger partial charge in [-0.25, -0.2) is 9.36 Å². The van der Waals surface area contributed by atoms with Gasteiger partial charge in [0.05, 0.1) is 36.9 Å². The number of carbonyl (C=O) groups is 1. The van der Waals surface area contributed by atoms with Gasteiger partial charge in [-0.2, -0.15) is 10.2 Å². The second-order valence-electron chi connectivity index (χ2n) is 6.66. The highest BCUT2D eigenvalue weighted by Gasteiger charge is 2.20. The van der Waals surface area contributed by atoms with E-state index in [9.17, 15) is 4.79 Å². The number of hydrogen-bond acceptors (Lipinski definition) is 5. The van der Waals surface area contributed by atoms with Gasteiger partial charge in [-0.05, 0) is 37.3 Å². The van der Waals surface area contributed by atoms with Crippen LogP contribution >= 0.6 is 11.6 Å². The summed E-state index contributed by atoms with van der Waals surface area (Å²) in [5.41, 5.74) is 3.21. The highest BCUT2D eigenvalue weighted by atomic mass is 35.5. The van der Waals surface area contributed by atoms with E-state index in [1.165, 1.54) is 0 Å². The number of aromatic nitrogens is 4. The van der Waals surface area contributed by atoms with E-state index in [2.05, 4.69) is 15.5 Å². The maximum Gasteiger partial charge on any atom is 0.272 e.